The molecule has 0 amide bonds. The Labute approximate surface area is 90.7 Å². The predicted molar refractivity (Wildman–Crippen MR) is 52.2 cm³/mol. The predicted octanol–water partition coefficient (Wildman–Crippen LogP) is 4.41. The number of alkyl halides is 6. The summed E-state index contributed by atoms with van der Waals surface area (Å²) < 4.78 is -1.08. The van der Waals surface area contributed by atoms with Gasteiger partial charge in [0.25, 0.3) is 0 Å². The SMILES string of the molecule is CC(Cl)(Cl)Cl.ClCC(Cl)Cl. The molecular formula is C4H6Cl6. The Morgan fingerprint density at radius 3 is 1.30 bits per heavy atom. The van der Waals surface area contributed by atoms with E-state index in [2.05, 4.69) is 0 Å². The van der Waals surface area contributed by atoms with E-state index in [-0.39, 0.29) is 0 Å². The van der Waals surface area contributed by atoms with E-state index < -0.39 is 8.63 Å². The molecule has 0 heterocycles. The largest absolute Gasteiger partial charge is 0.187 e. The van der Waals surface area contributed by atoms with Crippen molar-refractivity contribution >= 4 is 69.6 Å². The summed E-state index contributed by atoms with van der Waals surface area (Å²) in [6.07, 6.45) is 0. The second kappa shape index (κ2) is 7.39. The summed E-state index contributed by atoms with van der Waals surface area (Å²) in [5.74, 6) is 0.309. The van der Waals surface area contributed by atoms with Gasteiger partial charge in [0.2, 0.25) is 0 Å². The summed E-state index contributed by atoms with van der Waals surface area (Å²) in [5, 5.41) is 0. The van der Waals surface area contributed by atoms with Gasteiger partial charge in [0.05, 0.1) is 5.88 Å². The van der Waals surface area contributed by atoms with Crippen molar-refractivity contribution in [1.82, 2.24) is 0 Å². The Morgan fingerprint density at radius 1 is 1.20 bits per heavy atom. The molecule has 6 heteroatoms. The smallest absolute Gasteiger partial charge is 0.124 e. The van der Waals surface area contributed by atoms with E-state index in [1.807, 2.05) is 0 Å². The highest BCUT2D eigenvalue weighted by Gasteiger charge is 2.07. The highest BCUT2D eigenvalue weighted by molar-refractivity contribution is 6.67. The normalized spacial score (nSPS) is 10.8. The monoisotopic (exact) mass is 264 g/mol. The molecule has 0 bridgehead atoms. The van der Waals surface area contributed by atoms with Crippen molar-refractivity contribution in [2.75, 3.05) is 5.88 Å². The Balaban J connectivity index is 0. The van der Waals surface area contributed by atoms with Gasteiger partial charge in [0.1, 0.15) is 4.84 Å². The molecule has 0 unspecified atom stereocenters. The Bertz CT molecular complexity index is 58.6. The van der Waals surface area contributed by atoms with Crippen LogP contribution in [0.5, 0.6) is 0 Å². The zero-order valence-electron chi connectivity index (χ0n) is 5.05. The molecule has 0 saturated carbocycles. The van der Waals surface area contributed by atoms with E-state index in [0.717, 1.165) is 0 Å². The quantitative estimate of drug-likeness (QED) is 0.617. The molecule has 0 spiro atoms. The van der Waals surface area contributed by atoms with Gasteiger partial charge in [-0.25, -0.2) is 0 Å². The Hall–Kier alpha value is 1.74. The lowest BCUT2D eigenvalue weighted by Crippen LogP contribution is -1.87. The standard InChI is InChI=1S/2C2H3Cl3/c1-2(3,4)5;3-1-2(4)5/h1H3;2H,1H2. The highest BCUT2D eigenvalue weighted by Crippen LogP contribution is 2.23. The fourth-order valence-corrected chi connectivity index (χ4v) is 0. The van der Waals surface area contributed by atoms with Crippen LogP contribution in [-0.2, 0) is 0 Å². The fraction of sp³-hybridized carbons (Fsp3) is 1.00. The molecule has 0 nitrogen and oxygen atoms in total. The number of halogens is 6. The molecule has 0 N–H and O–H groups in total. The first-order valence-electron chi connectivity index (χ1n) is 2.18. The van der Waals surface area contributed by atoms with Crippen LogP contribution in [0.2, 0.25) is 0 Å². The van der Waals surface area contributed by atoms with Crippen LogP contribution in [0, 0.1) is 0 Å². The third-order valence-electron chi connectivity index (χ3n) is 0.117. The minimum absolute atomic E-state index is 0.309. The molecule has 0 aliphatic carbocycles. The van der Waals surface area contributed by atoms with Crippen molar-refractivity contribution in [3.63, 3.8) is 0 Å². The van der Waals surface area contributed by atoms with E-state index in [1.54, 1.807) is 0 Å². The second-order valence-electron chi connectivity index (χ2n) is 1.33. The Morgan fingerprint density at radius 2 is 1.30 bits per heavy atom. The maximum Gasteiger partial charge on any atom is 0.187 e. The third kappa shape index (κ3) is 53.2. The first kappa shape index (κ1) is 14.3. The van der Waals surface area contributed by atoms with Gasteiger partial charge in [-0.3, -0.25) is 0 Å². The topological polar surface area (TPSA) is 0 Å². The maximum atomic E-state index is 5.10. The molecule has 0 saturated heterocycles. The summed E-state index contributed by atoms with van der Waals surface area (Å²) in [5.41, 5.74) is 0. The highest BCUT2D eigenvalue weighted by atomic mass is 35.6. The Kier molecular flexibility index (Phi) is 10.6. The maximum absolute atomic E-state index is 5.10. The third-order valence-corrected chi connectivity index (χ3v) is 1.05. The summed E-state index contributed by atoms with van der Waals surface area (Å²) in [7, 11) is 0. The van der Waals surface area contributed by atoms with Gasteiger partial charge in [-0.05, 0) is 6.92 Å². The summed E-state index contributed by atoms with van der Waals surface area (Å²) >= 11 is 30.4. The molecule has 10 heavy (non-hydrogen) atoms. The number of rotatable bonds is 1. The van der Waals surface area contributed by atoms with Crippen LogP contribution in [0.3, 0.4) is 0 Å². The van der Waals surface area contributed by atoms with Gasteiger partial charge < -0.3 is 0 Å². The fourth-order valence-electron chi connectivity index (χ4n) is 0. The zero-order valence-corrected chi connectivity index (χ0v) is 9.59. The second-order valence-corrected chi connectivity index (χ2v) is 5.76. The average molecular weight is 267 g/mol. The van der Waals surface area contributed by atoms with E-state index in [4.69, 9.17) is 69.6 Å². The van der Waals surface area contributed by atoms with Gasteiger partial charge >= 0.3 is 0 Å². The number of hydrogen-bond donors (Lipinski definition) is 0. The summed E-state index contributed by atoms with van der Waals surface area (Å²) in [4.78, 5) is -0.406. The van der Waals surface area contributed by atoms with Crippen molar-refractivity contribution in [2.45, 2.75) is 15.6 Å². The molecular weight excluding hydrogens is 261 g/mol. The van der Waals surface area contributed by atoms with E-state index in [1.165, 1.54) is 6.92 Å². The first-order chi connectivity index (χ1) is 4.27. The zero-order chi connectivity index (χ0) is 8.78. The summed E-state index contributed by atoms with van der Waals surface area (Å²) in [6.45, 7) is 1.48. The van der Waals surface area contributed by atoms with Gasteiger partial charge in [0, 0.05) is 0 Å². The number of hydrogen-bond acceptors (Lipinski definition) is 0. The van der Waals surface area contributed by atoms with Gasteiger partial charge in [0.15, 0.2) is 3.79 Å². The lowest BCUT2D eigenvalue weighted by Gasteiger charge is -1.94. The average Bonchev–Trinajstić information content (AvgIpc) is 1.61. The molecule has 0 rings (SSSR count). The van der Waals surface area contributed by atoms with Crippen LogP contribution < -0.4 is 0 Å². The van der Waals surface area contributed by atoms with Crippen LogP contribution in [0.4, 0.5) is 0 Å². The van der Waals surface area contributed by atoms with Crippen LogP contribution in [0.15, 0.2) is 0 Å². The lowest BCUT2D eigenvalue weighted by atomic mass is 10.9. The molecule has 0 aliphatic rings. The molecule has 0 fully saturated rings. The first-order valence-corrected chi connectivity index (χ1v) is 4.72. The lowest BCUT2D eigenvalue weighted by molar-refractivity contribution is 1.27. The molecule has 0 radical (unpaired) electrons. The van der Waals surface area contributed by atoms with Gasteiger partial charge in [-0.15, -0.1) is 34.8 Å². The van der Waals surface area contributed by atoms with Crippen LogP contribution in [-0.4, -0.2) is 14.5 Å². The molecule has 64 valence electrons. The van der Waals surface area contributed by atoms with Crippen LogP contribution >= 0.6 is 69.6 Å². The minimum atomic E-state index is -1.08. The molecule has 0 aliphatic heterocycles. The van der Waals surface area contributed by atoms with Crippen molar-refractivity contribution in [2.24, 2.45) is 0 Å². The van der Waals surface area contributed by atoms with Crippen LogP contribution in [0.25, 0.3) is 0 Å². The molecule has 0 aromatic rings. The van der Waals surface area contributed by atoms with Crippen molar-refractivity contribution < 1.29 is 0 Å². The van der Waals surface area contributed by atoms with Crippen molar-refractivity contribution in [3.05, 3.63) is 0 Å². The van der Waals surface area contributed by atoms with Crippen molar-refractivity contribution in [3.8, 4) is 0 Å². The summed E-state index contributed by atoms with van der Waals surface area (Å²) in [6, 6.07) is 0. The minimum Gasteiger partial charge on any atom is -0.124 e. The molecule has 0 aromatic carbocycles. The van der Waals surface area contributed by atoms with E-state index in [0.29, 0.717) is 5.88 Å². The van der Waals surface area contributed by atoms with Gasteiger partial charge in [-0.2, -0.15) is 0 Å². The van der Waals surface area contributed by atoms with Crippen LogP contribution in [0.1, 0.15) is 6.92 Å². The van der Waals surface area contributed by atoms with E-state index in [9.17, 15) is 0 Å². The van der Waals surface area contributed by atoms with E-state index >= 15 is 0 Å². The van der Waals surface area contributed by atoms with Gasteiger partial charge in [-0.1, -0.05) is 34.8 Å². The molecule has 0 atom stereocenters. The van der Waals surface area contributed by atoms with Crippen molar-refractivity contribution in [1.29, 1.82) is 0 Å². The molecule has 0 aromatic heterocycles.